The van der Waals surface area contributed by atoms with Crippen molar-refractivity contribution >= 4 is 23.0 Å². The lowest BCUT2D eigenvalue weighted by Gasteiger charge is -2.36. The maximum atomic E-state index is 12.3. The van der Waals surface area contributed by atoms with Crippen LogP contribution >= 0.6 is 0 Å². The quantitative estimate of drug-likeness (QED) is 0.818. The molecular formula is C22H30N2O4. The van der Waals surface area contributed by atoms with Gasteiger partial charge in [-0.2, -0.15) is 0 Å². The molecule has 2 aromatic rings. The molecule has 6 heteroatoms. The number of aromatic nitrogens is 1. The number of piperidine rings is 1. The van der Waals surface area contributed by atoms with E-state index in [4.69, 9.17) is 4.74 Å². The van der Waals surface area contributed by atoms with E-state index in [9.17, 15) is 14.7 Å². The zero-order valence-corrected chi connectivity index (χ0v) is 17.4. The Bertz CT molecular complexity index is 886. The van der Waals surface area contributed by atoms with E-state index in [0.717, 1.165) is 29.4 Å². The van der Waals surface area contributed by atoms with Crippen LogP contribution in [0.25, 0.3) is 10.9 Å². The molecule has 0 unspecified atom stereocenters. The van der Waals surface area contributed by atoms with Crippen molar-refractivity contribution in [2.45, 2.75) is 59.1 Å². The molecule has 6 nitrogen and oxygen atoms in total. The Balaban J connectivity index is 1.80. The molecule has 0 saturated carbocycles. The number of aromatic carboxylic acids is 1. The number of carbonyl (C=O) groups is 2. The zero-order chi connectivity index (χ0) is 20.6. The van der Waals surface area contributed by atoms with Gasteiger partial charge in [0.15, 0.2) is 0 Å². The van der Waals surface area contributed by atoms with Crippen LogP contribution in [-0.4, -0.2) is 45.3 Å². The number of ether oxygens (including phenoxy) is 1. The van der Waals surface area contributed by atoms with Crippen molar-refractivity contribution in [1.82, 2.24) is 9.47 Å². The lowest BCUT2D eigenvalue weighted by molar-refractivity contribution is 0.0165. The number of fused-ring (bicyclic) bond motifs is 1. The van der Waals surface area contributed by atoms with Crippen molar-refractivity contribution in [2.24, 2.45) is 5.92 Å². The molecular weight excluding hydrogens is 356 g/mol. The number of nitrogens with zero attached hydrogens (tertiary/aromatic N) is 2. The molecule has 2 heterocycles. The highest BCUT2D eigenvalue weighted by molar-refractivity contribution is 6.05. The van der Waals surface area contributed by atoms with E-state index in [1.165, 1.54) is 0 Å². The first-order chi connectivity index (χ1) is 13.1. The monoisotopic (exact) mass is 386 g/mol. The Kier molecular flexibility index (Phi) is 5.41. The molecule has 0 aliphatic carbocycles. The fraction of sp³-hybridized carbons (Fsp3) is 0.545. The standard InChI is InChI=1S/C22H30N2O4/c1-14(16-10-12-23(13-11-16)21(27)28-22(3,4)5)24-15(2)19(20(25)26)17-8-6-7-9-18(17)24/h6-9,14,16H,10-13H2,1-5H3,(H,25,26)/t14-/m0/s1. The van der Waals surface area contributed by atoms with Crippen LogP contribution in [0.2, 0.25) is 0 Å². The molecule has 1 aliphatic rings. The number of para-hydroxylation sites is 1. The van der Waals surface area contributed by atoms with E-state index in [2.05, 4.69) is 11.5 Å². The third-order valence-electron chi connectivity index (χ3n) is 5.65. The second kappa shape index (κ2) is 7.49. The van der Waals surface area contributed by atoms with Crippen molar-refractivity contribution in [1.29, 1.82) is 0 Å². The van der Waals surface area contributed by atoms with Gasteiger partial charge >= 0.3 is 12.1 Å². The number of hydrogen-bond donors (Lipinski definition) is 1. The number of carboxylic acid groups (broad SMARTS) is 1. The van der Waals surface area contributed by atoms with Crippen LogP contribution in [0.4, 0.5) is 4.79 Å². The van der Waals surface area contributed by atoms with Gasteiger partial charge in [-0.25, -0.2) is 9.59 Å². The SMILES string of the molecule is Cc1c(C(=O)O)c2ccccc2n1[C@@H](C)C1CCN(C(=O)OC(C)(C)C)CC1. The predicted molar refractivity (Wildman–Crippen MR) is 109 cm³/mol. The summed E-state index contributed by atoms with van der Waals surface area (Å²) in [6.07, 6.45) is 1.48. The van der Waals surface area contributed by atoms with Crippen molar-refractivity contribution < 1.29 is 19.4 Å². The van der Waals surface area contributed by atoms with Gasteiger partial charge in [-0.3, -0.25) is 0 Å². The highest BCUT2D eigenvalue weighted by atomic mass is 16.6. The highest BCUT2D eigenvalue weighted by Crippen LogP contribution is 2.35. The molecule has 1 atom stereocenters. The lowest BCUT2D eigenvalue weighted by Crippen LogP contribution is -2.42. The van der Waals surface area contributed by atoms with Gasteiger partial charge < -0.3 is 19.3 Å². The third kappa shape index (κ3) is 3.86. The fourth-order valence-electron chi connectivity index (χ4n) is 4.29. The van der Waals surface area contributed by atoms with Crippen molar-refractivity contribution in [3.63, 3.8) is 0 Å². The minimum absolute atomic E-state index is 0.152. The summed E-state index contributed by atoms with van der Waals surface area (Å²) in [5, 5.41) is 10.5. The molecule has 1 saturated heterocycles. The van der Waals surface area contributed by atoms with Crippen LogP contribution in [0, 0.1) is 12.8 Å². The molecule has 0 bridgehead atoms. The summed E-state index contributed by atoms with van der Waals surface area (Å²) < 4.78 is 7.64. The summed E-state index contributed by atoms with van der Waals surface area (Å²) in [4.78, 5) is 25.9. The number of amides is 1. The molecule has 28 heavy (non-hydrogen) atoms. The van der Waals surface area contributed by atoms with Gasteiger partial charge in [0.05, 0.1) is 5.56 Å². The largest absolute Gasteiger partial charge is 0.478 e. The normalized spacial score (nSPS) is 17.0. The van der Waals surface area contributed by atoms with Gasteiger partial charge in [-0.05, 0) is 59.4 Å². The molecule has 0 radical (unpaired) electrons. The van der Waals surface area contributed by atoms with Crippen LogP contribution < -0.4 is 0 Å². The molecule has 1 N–H and O–H groups in total. The van der Waals surface area contributed by atoms with E-state index >= 15 is 0 Å². The van der Waals surface area contributed by atoms with E-state index in [1.807, 2.05) is 52.0 Å². The van der Waals surface area contributed by atoms with Crippen LogP contribution in [0.5, 0.6) is 0 Å². The molecule has 0 spiro atoms. The van der Waals surface area contributed by atoms with Crippen molar-refractivity contribution in [3.8, 4) is 0 Å². The summed E-state index contributed by atoms with van der Waals surface area (Å²) in [5.74, 6) is -0.519. The minimum atomic E-state index is -0.889. The Morgan fingerprint density at radius 1 is 1.18 bits per heavy atom. The summed E-state index contributed by atoms with van der Waals surface area (Å²) >= 11 is 0. The minimum Gasteiger partial charge on any atom is -0.478 e. The van der Waals surface area contributed by atoms with Crippen molar-refractivity contribution in [3.05, 3.63) is 35.5 Å². The number of carboxylic acids is 1. The summed E-state index contributed by atoms with van der Waals surface area (Å²) in [7, 11) is 0. The van der Waals surface area contributed by atoms with Crippen LogP contribution in [0.3, 0.4) is 0 Å². The van der Waals surface area contributed by atoms with Crippen molar-refractivity contribution in [2.75, 3.05) is 13.1 Å². The molecule has 1 amide bonds. The summed E-state index contributed by atoms with van der Waals surface area (Å²) in [5.41, 5.74) is 1.64. The number of likely N-dealkylation sites (tertiary alicyclic amines) is 1. The van der Waals surface area contributed by atoms with E-state index in [-0.39, 0.29) is 12.1 Å². The Morgan fingerprint density at radius 3 is 2.36 bits per heavy atom. The summed E-state index contributed by atoms with van der Waals surface area (Å²) in [6.45, 7) is 11.0. The van der Waals surface area contributed by atoms with E-state index < -0.39 is 11.6 Å². The van der Waals surface area contributed by atoms with Crippen LogP contribution in [-0.2, 0) is 4.74 Å². The molecule has 1 aromatic heterocycles. The number of rotatable bonds is 3. The molecule has 1 aromatic carbocycles. The maximum absolute atomic E-state index is 12.3. The first-order valence-electron chi connectivity index (χ1n) is 9.91. The topological polar surface area (TPSA) is 71.8 Å². The van der Waals surface area contributed by atoms with Crippen LogP contribution in [0.1, 0.15) is 62.6 Å². The average molecular weight is 386 g/mol. The van der Waals surface area contributed by atoms with Gasteiger partial charge in [-0.1, -0.05) is 18.2 Å². The molecule has 1 fully saturated rings. The maximum Gasteiger partial charge on any atom is 0.410 e. The smallest absolute Gasteiger partial charge is 0.410 e. The Morgan fingerprint density at radius 2 is 1.79 bits per heavy atom. The third-order valence-corrected chi connectivity index (χ3v) is 5.65. The Hall–Kier alpha value is -2.50. The molecule has 1 aliphatic heterocycles. The second-order valence-corrected chi connectivity index (χ2v) is 8.70. The Labute approximate surface area is 166 Å². The van der Waals surface area contributed by atoms with Gasteiger partial charge in [0.2, 0.25) is 0 Å². The van der Waals surface area contributed by atoms with Crippen LogP contribution in [0.15, 0.2) is 24.3 Å². The van der Waals surface area contributed by atoms with Gasteiger partial charge in [0.25, 0.3) is 0 Å². The first-order valence-corrected chi connectivity index (χ1v) is 9.91. The number of carbonyl (C=O) groups excluding carboxylic acids is 1. The molecule has 3 rings (SSSR count). The van der Waals surface area contributed by atoms with E-state index in [0.29, 0.717) is 24.6 Å². The van der Waals surface area contributed by atoms with E-state index in [1.54, 1.807) is 4.90 Å². The number of hydrogen-bond acceptors (Lipinski definition) is 3. The number of benzene rings is 1. The summed E-state index contributed by atoms with van der Waals surface area (Å²) in [6, 6.07) is 7.84. The second-order valence-electron chi connectivity index (χ2n) is 8.70. The zero-order valence-electron chi connectivity index (χ0n) is 17.4. The van der Waals surface area contributed by atoms with Gasteiger partial charge in [0.1, 0.15) is 5.60 Å². The predicted octanol–water partition coefficient (Wildman–Crippen LogP) is 4.86. The fourth-order valence-corrected chi connectivity index (χ4v) is 4.29. The average Bonchev–Trinajstić information content (AvgIpc) is 2.91. The van der Waals surface area contributed by atoms with Gasteiger partial charge in [-0.15, -0.1) is 0 Å². The van der Waals surface area contributed by atoms with Gasteiger partial charge in [0, 0.05) is 35.7 Å². The first kappa shape index (κ1) is 20.2. The molecule has 152 valence electrons. The lowest BCUT2D eigenvalue weighted by atomic mass is 9.90. The highest BCUT2D eigenvalue weighted by Gasteiger charge is 2.31.